The summed E-state index contributed by atoms with van der Waals surface area (Å²) in [5, 5.41) is 15.3. The number of carbonyl (C=O) groups excluding carboxylic acids is 1. The summed E-state index contributed by atoms with van der Waals surface area (Å²) >= 11 is 0. The molecular formula is C22H20FN5O3. The molecule has 0 aliphatic carbocycles. The second kappa shape index (κ2) is 9.21. The van der Waals surface area contributed by atoms with Crippen LogP contribution < -0.4 is 14.8 Å². The SMILES string of the molecule is Cc1ccccc1OCC(=O)NCCOc1ccc2nnc(-c3ccc(F)cc3)n2n1. The Labute approximate surface area is 177 Å². The molecule has 4 aromatic rings. The highest BCUT2D eigenvalue weighted by Gasteiger charge is 2.11. The van der Waals surface area contributed by atoms with Crippen molar-refractivity contribution >= 4 is 11.6 Å². The topological polar surface area (TPSA) is 90.6 Å². The van der Waals surface area contributed by atoms with Crippen molar-refractivity contribution in [1.82, 2.24) is 25.1 Å². The normalized spacial score (nSPS) is 10.8. The van der Waals surface area contributed by atoms with E-state index in [1.165, 1.54) is 16.6 Å². The number of rotatable bonds is 8. The van der Waals surface area contributed by atoms with Gasteiger partial charge in [0.05, 0.1) is 6.54 Å². The van der Waals surface area contributed by atoms with Crippen LogP contribution in [0.5, 0.6) is 11.6 Å². The molecule has 0 bridgehead atoms. The number of ether oxygens (including phenoxy) is 2. The average Bonchev–Trinajstić information content (AvgIpc) is 3.20. The van der Waals surface area contributed by atoms with Gasteiger partial charge in [0.15, 0.2) is 18.1 Å². The van der Waals surface area contributed by atoms with E-state index in [0.29, 0.717) is 35.2 Å². The van der Waals surface area contributed by atoms with Crippen LogP contribution in [0.4, 0.5) is 4.39 Å². The van der Waals surface area contributed by atoms with Crippen LogP contribution in [-0.4, -0.2) is 45.5 Å². The molecule has 158 valence electrons. The van der Waals surface area contributed by atoms with Gasteiger partial charge >= 0.3 is 0 Å². The number of carbonyl (C=O) groups is 1. The second-order valence-corrected chi connectivity index (χ2v) is 6.72. The van der Waals surface area contributed by atoms with Crippen molar-refractivity contribution < 1.29 is 18.7 Å². The predicted octanol–water partition coefficient (Wildman–Crippen LogP) is 2.81. The van der Waals surface area contributed by atoms with Gasteiger partial charge in [-0.15, -0.1) is 15.3 Å². The predicted molar refractivity (Wildman–Crippen MR) is 111 cm³/mol. The van der Waals surface area contributed by atoms with Gasteiger partial charge in [-0.05, 0) is 48.9 Å². The van der Waals surface area contributed by atoms with Crippen molar-refractivity contribution in [2.45, 2.75) is 6.92 Å². The number of nitrogens with zero attached hydrogens (tertiary/aromatic N) is 4. The average molecular weight is 421 g/mol. The summed E-state index contributed by atoms with van der Waals surface area (Å²) in [5.41, 5.74) is 2.18. The maximum atomic E-state index is 13.2. The molecule has 0 atom stereocenters. The van der Waals surface area contributed by atoms with Crippen LogP contribution in [0.25, 0.3) is 17.0 Å². The van der Waals surface area contributed by atoms with E-state index < -0.39 is 0 Å². The Morgan fingerprint density at radius 3 is 2.65 bits per heavy atom. The quantitative estimate of drug-likeness (QED) is 0.440. The highest BCUT2D eigenvalue weighted by atomic mass is 19.1. The second-order valence-electron chi connectivity index (χ2n) is 6.72. The Morgan fingerprint density at radius 2 is 1.84 bits per heavy atom. The van der Waals surface area contributed by atoms with E-state index in [9.17, 15) is 9.18 Å². The van der Waals surface area contributed by atoms with Crippen LogP contribution in [-0.2, 0) is 4.79 Å². The van der Waals surface area contributed by atoms with E-state index in [0.717, 1.165) is 5.56 Å². The molecule has 0 saturated carbocycles. The van der Waals surface area contributed by atoms with Crippen molar-refractivity contribution in [2.24, 2.45) is 0 Å². The van der Waals surface area contributed by atoms with Gasteiger partial charge in [0, 0.05) is 11.6 Å². The molecule has 0 aliphatic rings. The Bertz CT molecular complexity index is 1190. The number of aromatic nitrogens is 4. The maximum absolute atomic E-state index is 13.2. The summed E-state index contributed by atoms with van der Waals surface area (Å²) in [6.07, 6.45) is 0. The lowest BCUT2D eigenvalue weighted by Gasteiger charge is -2.10. The maximum Gasteiger partial charge on any atom is 0.258 e. The lowest BCUT2D eigenvalue weighted by atomic mass is 10.2. The third-order valence-electron chi connectivity index (χ3n) is 4.47. The summed E-state index contributed by atoms with van der Waals surface area (Å²) < 4.78 is 25.8. The molecule has 1 amide bonds. The molecule has 0 radical (unpaired) electrons. The Hall–Kier alpha value is -4.01. The zero-order valence-electron chi connectivity index (χ0n) is 16.8. The number of fused-ring (bicyclic) bond motifs is 1. The summed E-state index contributed by atoms with van der Waals surface area (Å²) in [7, 11) is 0. The van der Waals surface area contributed by atoms with E-state index in [-0.39, 0.29) is 24.9 Å². The molecule has 4 rings (SSSR count). The van der Waals surface area contributed by atoms with Gasteiger partial charge in [0.25, 0.3) is 5.91 Å². The standard InChI is InChI=1S/C22H20FN5O3/c1-15-4-2-3-5-18(15)31-14-20(29)24-12-13-30-21-11-10-19-25-26-22(28(19)27-21)16-6-8-17(23)9-7-16/h2-11H,12-14H2,1H3,(H,24,29). The number of aryl methyl sites for hydroxylation is 1. The summed E-state index contributed by atoms with van der Waals surface area (Å²) in [6, 6.07) is 16.8. The molecule has 2 aromatic carbocycles. The van der Waals surface area contributed by atoms with Crippen LogP contribution in [0.2, 0.25) is 0 Å². The summed E-state index contributed by atoms with van der Waals surface area (Å²) in [4.78, 5) is 11.9. The number of hydrogen-bond donors (Lipinski definition) is 1. The summed E-state index contributed by atoms with van der Waals surface area (Å²) in [6.45, 7) is 2.37. The number of amides is 1. The van der Waals surface area contributed by atoms with Crippen LogP contribution >= 0.6 is 0 Å². The minimum atomic E-state index is -0.332. The van der Waals surface area contributed by atoms with Gasteiger partial charge in [-0.2, -0.15) is 4.52 Å². The molecule has 0 spiro atoms. The molecule has 2 aromatic heterocycles. The first-order valence-electron chi connectivity index (χ1n) is 9.66. The van der Waals surface area contributed by atoms with Crippen molar-refractivity contribution in [3.8, 4) is 23.0 Å². The van der Waals surface area contributed by atoms with E-state index in [1.54, 1.807) is 24.3 Å². The van der Waals surface area contributed by atoms with Crippen LogP contribution in [0.3, 0.4) is 0 Å². The molecule has 8 nitrogen and oxygen atoms in total. The molecule has 2 heterocycles. The van der Waals surface area contributed by atoms with Crippen molar-refractivity contribution in [1.29, 1.82) is 0 Å². The molecule has 0 aliphatic heterocycles. The van der Waals surface area contributed by atoms with Crippen LogP contribution in [0, 0.1) is 12.7 Å². The first-order chi connectivity index (χ1) is 15.1. The van der Waals surface area contributed by atoms with Crippen LogP contribution in [0.15, 0.2) is 60.7 Å². The van der Waals surface area contributed by atoms with Gasteiger partial charge in [0.1, 0.15) is 18.2 Å². The zero-order chi connectivity index (χ0) is 21.6. The van der Waals surface area contributed by atoms with Gasteiger partial charge < -0.3 is 14.8 Å². The number of halogens is 1. The third-order valence-corrected chi connectivity index (χ3v) is 4.47. The fourth-order valence-electron chi connectivity index (χ4n) is 2.89. The van der Waals surface area contributed by atoms with Gasteiger partial charge in [-0.1, -0.05) is 18.2 Å². The fourth-order valence-corrected chi connectivity index (χ4v) is 2.89. The molecule has 31 heavy (non-hydrogen) atoms. The highest BCUT2D eigenvalue weighted by Crippen LogP contribution is 2.19. The molecule has 9 heteroatoms. The largest absolute Gasteiger partial charge is 0.484 e. The third kappa shape index (κ3) is 4.95. The van der Waals surface area contributed by atoms with Crippen molar-refractivity contribution in [2.75, 3.05) is 19.8 Å². The van der Waals surface area contributed by atoms with E-state index in [1.807, 2.05) is 31.2 Å². The van der Waals surface area contributed by atoms with Gasteiger partial charge in [-0.3, -0.25) is 4.79 Å². The highest BCUT2D eigenvalue weighted by molar-refractivity contribution is 5.77. The Morgan fingerprint density at radius 1 is 1.03 bits per heavy atom. The lowest BCUT2D eigenvalue weighted by molar-refractivity contribution is -0.123. The number of hydrogen-bond acceptors (Lipinski definition) is 6. The molecule has 1 N–H and O–H groups in total. The van der Waals surface area contributed by atoms with Crippen molar-refractivity contribution in [3.05, 3.63) is 72.0 Å². The first kappa shape index (κ1) is 20.3. The van der Waals surface area contributed by atoms with E-state index in [4.69, 9.17) is 9.47 Å². The molecule has 0 saturated heterocycles. The number of nitrogens with one attached hydrogen (secondary N) is 1. The first-order valence-corrected chi connectivity index (χ1v) is 9.66. The van der Waals surface area contributed by atoms with E-state index >= 15 is 0 Å². The van der Waals surface area contributed by atoms with Crippen LogP contribution in [0.1, 0.15) is 5.56 Å². The zero-order valence-corrected chi connectivity index (χ0v) is 16.8. The molecule has 0 fully saturated rings. The molecule has 0 unspecified atom stereocenters. The minimum Gasteiger partial charge on any atom is -0.484 e. The van der Waals surface area contributed by atoms with Gasteiger partial charge in [-0.25, -0.2) is 4.39 Å². The Balaban J connectivity index is 1.30. The smallest absolute Gasteiger partial charge is 0.258 e. The fraction of sp³-hybridized carbons (Fsp3) is 0.182. The number of benzene rings is 2. The van der Waals surface area contributed by atoms with E-state index in [2.05, 4.69) is 20.6 Å². The molecular weight excluding hydrogens is 401 g/mol. The minimum absolute atomic E-state index is 0.0726. The summed E-state index contributed by atoms with van der Waals surface area (Å²) in [5.74, 6) is 0.925. The number of para-hydroxylation sites is 1. The van der Waals surface area contributed by atoms with Gasteiger partial charge in [0.2, 0.25) is 5.88 Å². The monoisotopic (exact) mass is 421 g/mol. The lowest BCUT2D eigenvalue weighted by Crippen LogP contribution is -2.32. The van der Waals surface area contributed by atoms with Crippen molar-refractivity contribution in [3.63, 3.8) is 0 Å². The Kier molecular flexibility index (Phi) is 6.02.